The molecule has 1 N–H and O–H groups in total. The fraction of sp³-hybridized carbons (Fsp3) is 0.444. The molecule has 0 spiro atoms. The van der Waals surface area contributed by atoms with Crippen LogP contribution in [0.1, 0.15) is 12.8 Å². The molecule has 0 atom stereocenters. The number of methoxy groups -OCH3 is 1. The second kappa shape index (κ2) is 3.01. The van der Waals surface area contributed by atoms with Gasteiger partial charge in [0.25, 0.3) is 0 Å². The van der Waals surface area contributed by atoms with Crippen molar-refractivity contribution in [3.8, 4) is 5.75 Å². The standard InChI is InChI=1S/C9H12N2O/c1-12-8-3-2-6-10-9(8)11-7-4-5-7/h2-3,6-7H,4-5H2,1H3,(H,10,11). The highest BCUT2D eigenvalue weighted by molar-refractivity contribution is 5.50. The van der Waals surface area contributed by atoms with E-state index in [2.05, 4.69) is 10.3 Å². The fourth-order valence-electron chi connectivity index (χ4n) is 1.08. The molecule has 1 aliphatic rings. The molecule has 3 nitrogen and oxygen atoms in total. The molecule has 0 saturated heterocycles. The molecule has 0 aliphatic heterocycles. The van der Waals surface area contributed by atoms with Crippen LogP contribution in [0.4, 0.5) is 5.82 Å². The van der Waals surface area contributed by atoms with Crippen LogP contribution in [0.5, 0.6) is 5.75 Å². The van der Waals surface area contributed by atoms with E-state index in [1.165, 1.54) is 12.8 Å². The summed E-state index contributed by atoms with van der Waals surface area (Å²) in [7, 11) is 1.66. The Kier molecular flexibility index (Phi) is 1.86. The molecule has 1 aliphatic carbocycles. The first kappa shape index (κ1) is 7.40. The first-order valence-corrected chi connectivity index (χ1v) is 4.15. The van der Waals surface area contributed by atoms with E-state index < -0.39 is 0 Å². The molecular weight excluding hydrogens is 152 g/mol. The Morgan fingerprint density at radius 2 is 2.42 bits per heavy atom. The number of aromatic nitrogens is 1. The lowest BCUT2D eigenvalue weighted by Crippen LogP contribution is -2.04. The Morgan fingerprint density at radius 1 is 1.58 bits per heavy atom. The zero-order valence-corrected chi connectivity index (χ0v) is 7.08. The molecular formula is C9H12N2O. The SMILES string of the molecule is COc1cccnc1NC1CC1. The van der Waals surface area contributed by atoms with Gasteiger partial charge in [0.2, 0.25) is 0 Å². The van der Waals surface area contributed by atoms with E-state index in [0.717, 1.165) is 11.6 Å². The highest BCUT2D eigenvalue weighted by atomic mass is 16.5. The predicted molar refractivity (Wildman–Crippen MR) is 47.4 cm³/mol. The van der Waals surface area contributed by atoms with Crippen molar-refractivity contribution >= 4 is 5.82 Å². The molecule has 2 rings (SSSR count). The summed E-state index contributed by atoms with van der Waals surface area (Å²) < 4.78 is 5.15. The quantitative estimate of drug-likeness (QED) is 0.737. The Balaban J connectivity index is 2.15. The summed E-state index contributed by atoms with van der Waals surface area (Å²) >= 11 is 0. The third kappa shape index (κ3) is 1.49. The Labute approximate surface area is 71.8 Å². The maximum Gasteiger partial charge on any atom is 0.168 e. The van der Waals surface area contributed by atoms with E-state index in [1.54, 1.807) is 13.3 Å². The van der Waals surface area contributed by atoms with Gasteiger partial charge in [-0.3, -0.25) is 0 Å². The van der Waals surface area contributed by atoms with Crippen LogP contribution in [0.15, 0.2) is 18.3 Å². The monoisotopic (exact) mass is 164 g/mol. The zero-order valence-electron chi connectivity index (χ0n) is 7.08. The van der Waals surface area contributed by atoms with Crippen LogP contribution in [0.2, 0.25) is 0 Å². The van der Waals surface area contributed by atoms with E-state index >= 15 is 0 Å². The number of rotatable bonds is 3. The summed E-state index contributed by atoms with van der Waals surface area (Å²) in [5.41, 5.74) is 0. The molecule has 64 valence electrons. The summed E-state index contributed by atoms with van der Waals surface area (Å²) in [6.45, 7) is 0. The first-order chi connectivity index (χ1) is 5.90. The number of hydrogen-bond acceptors (Lipinski definition) is 3. The molecule has 0 aromatic carbocycles. The summed E-state index contributed by atoms with van der Waals surface area (Å²) in [4.78, 5) is 4.19. The van der Waals surface area contributed by atoms with Crippen molar-refractivity contribution in [2.75, 3.05) is 12.4 Å². The van der Waals surface area contributed by atoms with Crippen molar-refractivity contribution in [2.45, 2.75) is 18.9 Å². The van der Waals surface area contributed by atoms with Crippen LogP contribution in [0.25, 0.3) is 0 Å². The van der Waals surface area contributed by atoms with Gasteiger partial charge in [0.1, 0.15) is 0 Å². The zero-order chi connectivity index (χ0) is 8.39. The molecule has 0 unspecified atom stereocenters. The van der Waals surface area contributed by atoms with Gasteiger partial charge in [0.15, 0.2) is 11.6 Å². The van der Waals surface area contributed by atoms with Crippen LogP contribution in [0.3, 0.4) is 0 Å². The molecule has 0 bridgehead atoms. The van der Waals surface area contributed by atoms with Crippen molar-refractivity contribution in [1.82, 2.24) is 4.98 Å². The third-order valence-electron chi connectivity index (χ3n) is 1.91. The van der Waals surface area contributed by atoms with Crippen molar-refractivity contribution in [2.24, 2.45) is 0 Å². The Morgan fingerprint density at radius 3 is 3.08 bits per heavy atom. The molecule has 3 heteroatoms. The molecule has 1 aromatic rings. The van der Waals surface area contributed by atoms with Gasteiger partial charge in [-0.25, -0.2) is 4.98 Å². The minimum absolute atomic E-state index is 0.619. The number of nitrogens with one attached hydrogen (secondary N) is 1. The van der Waals surface area contributed by atoms with Crippen LogP contribution >= 0.6 is 0 Å². The minimum atomic E-state index is 0.619. The lowest BCUT2D eigenvalue weighted by molar-refractivity contribution is 0.415. The summed E-state index contributed by atoms with van der Waals surface area (Å²) in [5, 5.41) is 3.30. The minimum Gasteiger partial charge on any atom is -0.493 e. The number of pyridine rings is 1. The summed E-state index contributed by atoms with van der Waals surface area (Å²) in [6.07, 6.45) is 4.27. The average molecular weight is 164 g/mol. The molecule has 1 saturated carbocycles. The van der Waals surface area contributed by atoms with Gasteiger partial charge in [-0.05, 0) is 25.0 Å². The fourth-order valence-corrected chi connectivity index (χ4v) is 1.08. The van der Waals surface area contributed by atoms with Crippen LogP contribution in [-0.4, -0.2) is 18.1 Å². The molecule has 1 aromatic heterocycles. The largest absolute Gasteiger partial charge is 0.493 e. The third-order valence-corrected chi connectivity index (χ3v) is 1.91. The highest BCUT2D eigenvalue weighted by Gasteiger charge is 2.22. The van der Waals surface area contributed by atoms with Gasteiger partial charge >= 0.3 is 0 Å². The molecule has 1 heterocycles. The van der Waals surface area contributed by atoms with E-state index in [1.807, 2.05) is 12.1 Å². The number of hydrogen-bond donors (Lipinski definition) is 1. The highest BCUT2D eigenvalue weighted by Crippen LogP contribution is 2.28. The Hall–Kier alpha value is -1.25. The van der Waals surface area contributed by atoms with E-state index in [-0.39, 0.29) is 0 Å². The van der Waals surface area contributed by atoms with Gasteiger partial charge < -0.3 is 10.1 Å². The van der Waals surface area contributed by atoms with Gasteiger partial charge in [-0.15, -0.1) is 0 Å². The topological polar surface area (TPSA) is 34.1 Å². The summed E-state index contributed by atoms with van der Waals surface area (Å²) in [6, 6.07) is 4.41. The lowest BCUT2D eigenvalue weighted by atomic mass is 10.4. The van der Waals surface area contributed by atoms with E-state index in [4.69, 9.17) is 4.74 Å². The van der Waals surface area contributed by atoms with Gasteiger partial charge in [-0.1, -0.05) is 0 Å². The molecule has 0 radical (unpaired) electrons. The maximum atomic E-state index is 5.15. The number of nitrogens with zero attached hydrogens (tertiary/aromatic N) is 1. The number of anilines is 1. The lowest BCUT2D eigenvalue weighted by Gasteiger charge is -2.07. The molecule has 1 fully saturated rings. The van der Waals surface area contributed by atoms with E-state index in [0.29, 0.717) is 6.04 Å². The van der Waals surface area contributed by atoms with Crippen LogP contribution < -0.4 is 10.1 Å². The number of ether oxygens (including phenoxy) is 1. The predicted octanol–water partition coefficient (Wildman–Crippen LogP) is 1.66. The van der Waals surface area contributed by atoms with Crippen molar-refractivity contribution in [3.63, 3.8) is 0 Å². The maximum absolute atomic E-state index is 5.15. The van der Waals surface area contributed by atoms with Crippen LogP contribution in [-0.2, 0) is 0 Å². The van der Waals surface area contributed by atoms with Gasteiger partial charge in [0, 0.05) is 12.2 Å². The van der Waals surface area contributed by atoms with Crippen molar-refractivity contribution in [3.05, 3.63) is 18.3 Å². The van der Waals surface area contributed by atoms with E-state index in [9.17, 15) is 0 Å². The normalized spacial score (nSPS) is 15.8. The van der Waals surface area contributed by atoms with Crippen molar-refractivity contribution in [1.29, 1.82) is 0 Å². The molecule has 0 amide bonds. The summed E-state index contributed by atoms with van der Waals surface area (Å²) in [5.74, 6) is 1.69. The van der Waals surface area contributed by atoms with Crippen molar-refractivity contribution < 1.29 is 4.74 Å². The first-order valence-electron chi connectivity index (χ1n) is 4.15. The van der Waals surface area contributed by atoms with Gasteiger partial charge in [-0.2, -0.15) is 0 Å². The van der Waals surface area contributed by atoms with Gasteiger partial charge in [0.05, 0.1) is 7.11 Å². The second-order valence-electron chi connectivity index (χ2n) is 2.97. The second-order valence-corrected chi connectivity index (χ2v) is 2.97. The smallest absolute Gasteiger partial charge is 0.168 e. The average Bonchev–Trinajstić information content (AvgIpc) is 2.89. The Bertz CT molecular complexity index is 271. The molecule has 12 heavy (non-hydrogen) atoms. The van der Waals surface area contributed by atoms with Crippen LogP contribution in [0, 0.1) is 0 Å².